The number of aliphatic hydroxyl groups is 1. The zero-order chi connectivity index (χ0) is 14.1. The van der Waals surface area contributed by atoms with Crippen LogP contribution < -0.4 is 5.73 Å². The summed E-state index contributed by atoms with van der Waals surface area (Å²) in [5.74, 6) is -0.308. The highest BCUT2D eigenvalue weighted by Crippen LogP contribution is 2.29. The van der Waals surface area contributed by atoms with E-state index in [2.05, 4.69) is 4.98 Å². The predicted octanol–water partition coefficient (Wildman–Crippen LogP) is 2.49. The number of hydrogen-bond donors (Lipinski definition) is 2. The van der Waals surface area contributed by atoms with Gasteiger partial charge in [-0.25, -0.2) is 9.37 Å². The zero-order valence-electron chi connectivity index (χ0n) is 11.1. The number of imidazole rings is 1. The standard InChI is InChI=1S/C14H14FN3OS.ClH/c15-11-4-2-1-3-10(11)13-12(7-9(16)8-19)18-5-6-20-14(18)17-13;/h1-6,9,19H,7-8,16H2;1H. The summed E-state index contributed by atoms with van der Waals surface area (Å²) in [4.78, 5) is 5.29. The first kappa shape index (κ1) is 15.9. The number of rotatable bonds is 4. The van der Waals surface area contributed by atoms with Gasteiger partial charge in [0.05, 0.1) is 18.0 Å². The number of aromatic nitrogens is 2. The molecule has 3 aromatic rings. The number of thiazole rings is 1. The van der Waals surface area contributed by atoms with Gasteiger partial charge in [-0.3, -0.25) is 4.40 Å². The lowest BCUT2D eigenvalue weighted by atomic mass is 10.1. The summed E-state index contributed by atoms with van der Waals surface area (Å²) >= 11 is 1.48. The Kier molecular flexibility index (Phi) is 4.95. The molecule has 0 spiro atoms. The molecule has 2 heterocycles. The predicted molar refractivity (Wildman–Crippen MR) is 84.5 cm³/mol. The number of halogens is 2. The van der Waals surface area contributed by atoms with E-state index >= 15 is 0 Å². The first-order valence-electron chi connectivity index (χ1n) is 6.26. The smallest absolute Gasteiger partial charge is 0.194 e. The molecule has 0 saturated carbocycles. The van der Waals surface area contributed by atoms with Gasteiger partial charge in [-0.05, 0) is 12.1 Å². The molecule has 1 atom stereocenters. The first-order chi connectivity index (χ1) is 9.70. The average Bonchev–Trinajstić information content (AvgIpc) is 3.02. The number of hydrogen-bond acceptors (Lipinski definition) is 4. The van der Waals surface area contributed by atoms with Crippen molar-refractivity contribution in [3.05, 3.63) is 47.4 Å². The molecular weight excluding hydrogens is 313 g/mol. The van der Waals surface area contributed by atoms with Crippen LogP contribution in [-0.2, 0) is 6.42 Å². The van der Waals surface area contributed by atoms with Crippen LogP contribution in [0, 0.1) is 5.82 Å². The second-order valence-corrected chi connectivity index (χ2v) is 5.46. The summed E-state index contributed by atoms with van der Waals surface area (Å²) in [6.07, 6.45) is 2.33. The molecule has 1 aromatic carbocycles. The summed E-state index contributed by atoms with van der Waals surface area (Å²) in [6, 6.07) is 6.16. The van der Waals surface area contributed by atoms with E-state index < -0.39 is 0 Å². The highest BCUT2D eigenvalue weighted by Gasteiger charge is 2.19. The van der Waals surface area contributed by atoms with Gasteiger partial charge in [0.1, 0.15) is 5.82 Å². The largest absolute Gasteiger partial charge is 0.395 e. The second kappa shape index (κ2) is 6.53. The van der Waals surface area contributed by atoms with Crippen LogP contribution in [0.1, 0.15) is 5.69 Å². The molecule has 2 aromatic heterocycles. The molecule has 0 fully saturated rings. The normalized spacial score (nSPS) is 12.3. The fourth-order valence-corrected chi connectivity index (χ4v) is 2.94. The van der Waals surface area contributed by atoms with Gasteiger partial charge in [-0.2, -0.15) is 0 Å². The summed E-state index contributed by atoms with van der Waals surface area (Å²) < 4.78 is 15.9. The van der Waals surface area contributed by atoms with Crippen LogP contribution in [0.3, 0.4) is 0 Å². The SMILES string of the molecule is Cl.NC(CO)Cc1c(-c2ccccc2F)nc2sccn12. The van der Waals surface area contributed by atoms with E-state index in [1.807, 2.05) is 16.0 Å². The van der Waals surface area contributed by atoms with Crippen molar-refractivity contribution in [1.82, 2.24) is 9.38 Å². The Morgan fingerprint density at radius 3 is 2.86 bits per heavy atom. The maximum Gasteiger partial charge on any atom is 0.194 e. The Labute approximate surface area is 131 Å². The molecule has 0 aliphatic heterocycles. The van der Waals surface area contributed by atoms with E-state index in [0.717, 1.165) is 10.7 Å². The van der Waals surface area contributed by atoms with E-state index in [1.54, 1.807) is 18.2 Å². The minimum Gasteiger partial charge on any atom is -0.395 e. The average molecular weight is 328 g/mol. The molecule has 0 aliphatic carbocycles. The van der Waals surface area contributed by atoms with Gasteiger partial charge < -0.3 is 10.8 Å². The van der Waals surface area contributed by atoms with Gasteiger partial charge in [0, 0.05) is 29.6 Å². The van der Waals surface area contributed by atoms with E-state index in [1.165, 1.54) is 17.4 Å². The van der Waals surface area contributed by atoms with E-state index in [9.17, 15) is 4.39 Å². The molecule has 21 heavy (non-hydrogen) atoms. The van der Waals surface area contributed by atoms with Crippen molar-refractivity contribution in [1.29, 1.82) is 0 Å². The number of nitrogens with two attached hydrogens (primary N) is 1. The van der Waals surface area contributed by atoms with Crippen molar-refractivity contribution in [2.45, 2.75) is 12.5 Å². The fourth-order valence-electron chi connectivity index (χ4n) is 2.21. The van der Waals surface area contributed by atoms with Crippen molar-refractivity contribution >= 4 is 28.7 Å². The van der Waals surface area contributed by atoms with E-state index in [0.29, 0.717) is 17.7 Å². The lowest BCUT2D eigenvalue weighted by Gasteiger charge is -2.09. The van der Waals surface area contributed by atoms with Crippen LogP contribution in [0.2, 0.25) is 0 Å². The van der Waals surface area contributed by atoms with Crippen LogP contribution in [0.15, 0.2) is 35.8 Å². The van der Waals surface area contributed by atoms with Crippen molar-refractivity contribution < 1.29 is 9.50 Å². The molecule has 112 valence electrons. The Balaban J connectivity index is 0.00000161. The lowest BCUT2D eigenvalue weighted by Crippen LogP contribution is -2.27. The molecule has 3 N–H and O–H groups in total. The lowest BCUT2D eigenvalue weighted by molar-refractivity contribution is 0.264. The minimum atomic E-state index is -0.389. The van der Waals surface area contributed by atoms with Crippen LogP contribution in [-0.4, -0.2) is 27.1 Å². The molecule has 4 nitrogen and oxygen atoms in total. The van der Waals surface area contributed by atoms with E-state index in [4.69, 9.17) is 10.8 Å². The third-order valence-corrected chi connectivity index (χ3v) is 3.94. The summed E-state index contributed by atoms with van der Waals surface area (Å²) in [6.45, 7) is -0.117. The molecule has 0 amide bonds. The molecule has 3 rings (SSSR count). The van der Waals surface area contributed by atoms with Crippen LogP contribution in [0.5, 0.6) is 0 Å². The van der Waals surface area contributed by atoms with Gasteiger partial charge >= 0.3 is 0 Å². The number of aliphatic hydroxyl groups excluding tert-OH is 1. The molecule has 1 unspecified atom stereocenters. The quantitative estimate of drug-likeness (QED) is 0.774. The van der Waals surface area contributed by atoms with Crippen LogP contribution in [0.4, 0.5) is 4.39 Å². The molecule has 7 heteroatoms. The van der Waals surface area contributed by atoms with Crippen LogP contribution in [0.25, 0.3) is 16.2 Å². The molecule has 0 bridgehead atoms. The maximum atomic E-state index is 14.0. The van der Waals surface area contributed by atoms with Gasteiger partial charge in [-0.15, -0.1) is 23.7 Å². The maximum absolute atomic E-state index is 14.0. The van der Waals surface area contributed by atoms with Crippen molar-refractivity contribution in [3.63, 3.8) is 0 Å². The van der Waals surface area contributed by atoms with Crippen molar-refractivity contribution in [3.8, 4) is 11.3 Å². The van der Waals surface area contributed by atoms with Crippen molar-refractivity contribution in [2.24, 2.45) is 5.73 Å². The third kappa shape index (κ3) is 2.94. The fraction of sp³-hybridized carbons (Fsp3) is 0.214. The topological polar surface area (TPSA) is 63.5 Å². The number of nitrogens with zero attached hydrogens (tertiary/aromatic N) is 2. The van der Waals surface area contributed by atoms with Gasteiger partial charge in [0.25, 0.3) is 0 Å². The Morgan fingerprint density at radius 2 is 2.14 bits per heavy atom. The second-order valence-electron chi connectivity index (χ2n) is 4.59. The highest BCUT2D eigenvalue weighted by atomic mass is 35.5. The van der Waals surface area contributed by atoms with Crippen LogP contribution >= 0.6 is 23.7 Å². The molecule has 0 radical (unpaired) electrons. The summed E-state index contributed by atoms with van der Waals surface area (Å²) in [5.41, 5.74) is 7.71. The summed E-state index contributed by atoms with van der Waals surface area (Å²) in [5, 5.41) is 11.1. The Bertz CT molecular complexity index is 743. The number of benzene rings is 1. The minimum absolute atomic E-state index is 0. The first-order valence-corrected chi connectivity index (χ1v) is 7.14. The molecule has 0 aliphatic rings. The Morgan fingerprint density at radius 1 is 1.38 bits per heavy atom. The van der Waals surface area contributed by atoms with Crippen molar-refractivity contribution in [2.75, 3.05) is 6.61 Å². The van der Waals surface area contributed by atoms with Gasteiger partial charge in [0.2, 0.25) is 0 Å². The zero-order valence-corrected chi connectivity index (χ0v) is 12.7. The summed E-state index contributed by atoms with van der Waals surface area (Å²) in [7, 11) is 0. The highest BCUT2D eigenvalue weighted by molar-refractivity contribution is 7.15. The Hall–Kier alpha value is -1.47. The van der Waals surface area contributed by atoms with Gasteiger partial charge in [-0.1, -0.05) is 12.1 Å². The molecular formula is C14H15ClFN3OS. The monoisotopic (exact) mass is 327 g/mol. The third-order valence-electron chi connectivity index (χ3n) is 3.18. The van der Waals surface area contributed by atoms with E-state index in [-0.39, 0.29) is 30.9 Å². The van der Waals surface area contributed by atoms with Gasteiger partial charge in [0.15, 0.2) is 4.96 Å². The number of fused-ring (bicyclic) bond motifs is 1. The molecule has 0 saturated heterocycles.